The number of carbonyl (C=O) groups is 1. The lowest BCUT2D eigenvalue weighted by atomic mass is 10.1. The largest absolute Gasteiger partial charge is 0.493 e. The van der Waals surface area contributed by atoms with Crippen LogP contribution in [0.5, 0.6) is 11.5 Å². The normalized spacial score (nSPS) is 11.8. The first-order chi connectivity index (χ1) is 12.7. The van der Waals surface area contributed by atoms with E-state index in [1.54, 1.807) is 18.2 Å². The molecule has 0 aliphatic carbocycles. The van der Waals surface area contributed by atoms with E-state index in [2.05, 4.69) is 0 Å². The molecule has 0 atom stereocenters. The third-order valence-electron chi connectivity index (χ3n) is 3.80. The summed E-state index contributed by atoms with van der Waals surface area (Å²) in [6.07, 6.45) is 2.98. The van der Waals surface area contributed by atoms with Gasteiger partial charge in [0.05, 0.1) is 24.1 Å². The summed E-state index contributed by atoms with van der Waals surface area (Å²) < 4.78 is 35.6. The Hall–Kier alpha value is -2.35. The first-order valence-corrected chi connectivity index (χ1v) is 9.69. The number of halogens is 1. The lowest BCUT2D eigenvalue weighted by molar-refractivity contribution is 0.104. The molecule has 2 aromatic rings. The number of rotatable bonds is 7. The summed E-state index contributed by atoms with van der Waals surface area (Å²) in [6.45, 7) is 0. The minimum Gasteiger partial charge on any atom is -0.493 e. The fraction of sp³-hybridized carbons (Fsp3) is 0.211. The molecule has 0 aliphatic rings. The first kappa shape index (κ1) is 21.0. The van der Waals surface area contributed by atoms with Crippen LogP contribution < -0.4 is 9.47 Å². The number of hydrogen-bond acceptors (Lipinski definition) is 5. The molecule has 0 N–H and O–H groups in total. The fourth-order valence-corrected chi connectivity index (χ4v) is 3.50. The van der Waals surface area contributed by atoms with E-state index in [9.17, 15) is 13.2 Å². The summed E-state index contributed by atoms with van der Waals surface area (Å²) in [5.41, 5.74) is 1.04. The second kappa shape index (κ2) is 8.56. The molecule has 2 rings (SSSR count). The van der Waals surface area contributed by atoms with Crippen molar-refractivity contribution in [3.05, 3.63) is 58.6 Å². The van der Waals surface area contributed by atoms with E-state index < -0.39 is 10.0 Å². The van der Waals surface area contributed by atoms with Gasteiger partial charge in [0.2, 0.25) is 10.0 Å². The van der Waals surface area contributed by atoms with Crippen molar-refractivity contribution in [2.75, 3.05) is 28.3 Å². The van der Waals surface area contributed by atoms with E-state index in [0.29, 0.717) is 27.6 Å². The van der Waals surface area contributed by atoms with E-state index in [1.807, 2.05) is 0 Å². The van der Waals surface area contributed by atoms with Gasteiger partial charge >= 0.3 is 0 Å². The SMILES string of the molecule is COc1cc(/C=C/C(=O)c2ccc(S(=O)(=O)N(C)C)cc2)cc(Cl)c1OC. The van der Waals surface area contributed by atoms with Crippen LogP contribution in [0.1, 0.15) is 15.9 Å². The monoisotopic (exact) mass is 409 g/mol. The molecule has 27 heavy (non-hydrogen) atoms. The molecular weight excluding hydrogens is 390 g/mol. The molecule has 6 nitrogen and oxygen atoms in total. The summed E-state index contributed by atoms with van der Waals surface area (Å²) in [7, 11) is 2.35. The van der Waals surface area contributed by atoms with E-state index in [1.165, 1.54) is 58.7 Å². The van der Waals surface area contributed by atoms with Crippen LogP contribution in [-0.4, -0.2) is 46.8 Å². The molecule has 0 saturated carbocycles. The Balaban J connectivity index is 2.24. The molecule has 144 valence electrons. The van der Waals surface area contributed by atoms with Crippen molar-refractivity contribution in [3.8, 4) is 11.5 Å². The van der Waals surface area contributed by atoms with Crippen LogP contribution in [0.25, 0.3) is 6.08 Å². The maximum atomic E-state index is 12.3. The number of benzene rings is 2. The fourth-order valence-electron chi connectivity index (χ4n) is 2.30. The number of methoxy groups -OCH3 is 2. The number of sulfonamides is 1. The lowest BCUT2D eigenvalue weighted by Gasteiger charge is -2.11. The average Bonchev–Trinajstić information content (AvgIpc) is 2.65. The number of ether oxygens (including phenoxy) is 2. The van der Waals surface area contributed by atoms with Crippen LogP contribution in [0.3, 0.4) is 0 Å². The molecule has 0 aliphatic heterocycles. The highest BCUT2D eigenvalue weighted by Gasteiger charge is 2.17. The van der Waals surface area contributed by atoms with Crippen molar-refractivity contribution < 1.29 is 22.7 Å². The van der Waals surface area contributed by atoms with Crippen LogP contribution in [0, 0.1) is 0 Å². The number of ketones is 1. The molecule has 0 spiro atoms. The van der Waals surface area contributed by atoms with Gasteiger partial charge in [-0.25, -0.2) is 12.7 Å². The molecule has 0 fully saturated rings. The van der Waals surface area contributed by atoms with Crippen molar-refractivity contribution in [3.63, 3.8) is 0 Å². The van der Waals surface area contributed by atoms with Crippen LogP contribution >= 0.6 is 11.6 Å². The topological polar surface area (TPSA) is 72.9 Å². The average molecular weight is 410 g/mol. The third-order valence-corrected chi connectivity index (χ3v) is 5.91. The van der Waals surface area contributed by atoms with Crippen LogP contribution in [0.15, 0.2) is 47.4 Å². The standard InChI is InChI=1S/C19H20ClNO5S/c1-21(2)27(23,24)15-8-6-14(7-9-15)17(22)10-5-13-11-16(20)19(26-4)18(12-13)25-3/h5-12H,1-4H3/b10-5+. The second-order valence-corrected chi connectivity index (χ2v) is 8.31. The van der Waals surface area contributed by atoms with Crippen LogP contribution in [0.2, 0.25) is 5.02 Å². The molecule has 2 aromatic carbocycles. The Morgan fingerprint density at radius 3 is 2.22 bits per heavy atom. The zero-order valence-corrected chi connectivity index (χ0v) is 17.0. The van der Waals surface area contributed by atoms with Crippen LogP contribution in [-0.2, 0) is 10.0 Å². The molecule has 0 heterocycles. The van der Waals surface area contributed by atoms with Gasteiger partial charge < -0.3 is 9.47 Å². The van der Waals surface area contributed by atoms with Crippen molar-refractivity contribution in [1.82, 2.24) is 4.31 Å². The first-order valence-electron chi connectivity index (χ1n) is 7.87. The maximum absolute atomic E-state index is 12.3. The maximum Gasteiger partial charge on any atom is 0.242 e. The number of hydrogen-bond donors (Lipinski definition) is 0. The van der Waals surface area contributed by atoms with Gasteiger partial charge in [0.1, 0.15) is 0 Å². The van der Waals surface area contributed by atoms with Crippen molar-refractivity contribution in [2.45, 2.75) is 4.90 Å². The Bertz CT molecular complexity index is 966. The predicted molar refractivity (Wildman–Crippen MR) is 105 cm³/mol. The van der Waals surface area contributed by atoms with E-state index in [0.717, 1.165) is 4.31 Å². The lowest BCUT2D eigenvalue weighted by Crippen LogP contribution is -2.22. The molecule has 0 unspecified atom stereocenters. The smallest absolute Gasteiger partial charge is 0.242 e. The van der Waals surface area contributed by atoms with Gasteiger partial charge in [0, 0.05) is 19.7 Å². The van der Waals surface area contributed by atoms with E-state index in [-0.39, 0.29) is 10.7 Å². The van der Waals surface area contributed by atoms with Gasteiger partial charge in [-0.05, 0) is 48.0 Å². The van der Waals surface area contributed by atoms with Gasteiger partial charge in [-0.15, -0.1) is 0 Å². The highest BCUT2D eigenvalue weighted by molar-refractivity contribution is 7.89. The molecule has 0 aromatic heterocycles. The Morgan fingerprint density at radius 2 is 1.70 bits per heavy atom. The number of carbonyl (C=O) groups excluding carboxylic acids is 1. The van der Waals surface area contributed by atoms with Gasteiger partial charge in [-0.3, -0.25) is 4.79 Å². The molecule has 0 amide bonds. The summed E-state index contributed by atoms with van der Waals surface area (Å²) in [6, 6.07) is 9.11. The van der Waals surface area contributed by atoms with Gasteiger partial charge in [0.25, 0.3) is 0 Å². The molecule has 8 heteroatoms. The Kier molecular flexibility index (Phi) is 6.64. The molecule has 0 saturated heterocycles. The molecular formula is C19H20ClNO5S. The van der Waals surface area contributed by atoms with E-state index >= 15 is 0 Å². The van der Waals surface area contributed by atoms with Crippen molar-refractivity contribution in [1.29, 1.82) is 0 Å². The Morgan fingerprint density at radius 1 is 1.07 bits per heavy atom. The number of nitrogens with zero attached hydrogens (tertiary/aromatic N) is 1. The highest BCUT2D eigenvalue weighted by Crippen LogP contribution is 2.36. The molecule has 0 bridgehead atoms. The summed E-state index contributed by atoms with van der Waals surface area (Å²) in [5.74, 6) is 0.602. The predicted octanol–water partition coefficient (Wildman–Crippen LogP) is 3.50. The summed E-state index contributed by atoms with van der Waals surface area (Å²) >= 11 is 6.15. The van der Waals surface area contributed by atoms with Gasteiger partial charge in [0.15, 0.2) is 17.3 Å². The van der Waals surface area contributed by atoms with Gasteiger partial charge in [-0.1, -0.05) is 17.7 Å². The second-order valence-electron chi connectivity index (χ2n) is 5.75. The minimum atomic E-state index is -3.53. The zero-order chi connectivity index (χ0) is 20.2. The van der Waals surface area contributed by atoms with Crippen molar-refractivity contribution >= 4 is 33.5 Å². The third kappa shape index (κ3) is 4.68. The minimum absolute atomic E-state index is 0.125. The van der Waals surface area contributed by atoms with Gasteiger partial charge in [-0.2, -0.15) is 0 Å². The zero-order valence-electron chi connectivity index (χ0n) is 15.4. The summed E-state index contributed by atoms with van der Waals surface area (Å²) in [4.78, 5) is 12.5. The highest BCUT2D eigenvalue weighted by atomic mass is 35.5. The Labute approximate surface area is 164 Å². The summed E-state index contributed by atoms with van der Waals surface area (Å²) in [5, 5.41) is 0.363. The quantitative estimate of drug-likeness (QED) is 0.517. The van der Waals surface area contributed by atoms with Crippen molar-refractivity contribution in [2.24, 2.45) is 0 Å². The number of allylic oxidation sites excluding steroid dienone is 1. The van der Waals surface area contributed by atoms with E-state index in [4.69, 9.17) is 21.1 Å². The molecule has 0 radical (unpaired) electrons. The van der Waals surface area contributed by atoms with Crippen LogP contribution in [0.4, 0.5) is 0 Å².